The molecule has 3 aliphatic heterocycles. The van der Waals surface area contributed by atoms with Gasteiger partial charge in [0.15, 0.2) is 0 Å². The summed E-state index contributed by atoms with van der Waals surface area (Å²) >= 11 is 12.2. The molecule has 4 aliphatic rings. The monoisotopic (exact) mass is 505 g/mol. The summed E-state index contributed by atoms with van der Waals surface area (Å²) in [7, 11) is 0. The highest BCUT2D eigenvalue weighted by Gasteiger charge is 2.72. The number of hydrogen-bond donors (Lipinski definition) is 2. The molecule has 7 nitrogen and oxygen atoms in total. The average Bonchev–Trinajstić information content (AvgIpc) is 3.42. The number of anilines is 1. The van der Waals surface area contributed by atoms with Gasteiger partial charge in [0, 0.05) is 28.3 Å². The zero-order valence-corrected chi connectivity index (χ0v) is 20.6. The van der Waals surface area contributed by atoms with Crippen LogP contribution in [0.15, 0.2) is 30.4 Å². The number of benzene rings is 1. The van der Waals surface area contributed by atoms with Crippen LogP contribution in [-0.2, 0) is 19.1 Å². The Hall–Kier alpha value is -2.09. The van der Waals surface area contributed by atoms with Gasteiger partial charge in [-0.3, -0.25) is 14.4 Å². The lowest BCUT2D eigenvalue weighted by Gasteiger charge is -2.34. The van der Waals surface area contributed by atoms with Gasteiger partial charge in [-0.15, -0.1) is 0 Å². The van der Waals surface area contributed by atoms with Crippen LogP contribution in [0.3, 0.4) is 0 Å². The third-order valence-electron chi connectivity index (χ3n) is 7.47. The van der Waals surface area contributed by atoms with Crippen LogP contribution in [0, 0.1) is 11.8 Å². The molecule has 5 atom stereocenters. The van der Waals surface area contributed by atoms with Gasteiger partial charge in [0.25, 0.3) is 0 Å². The second-order valence-corrected chi connectivity index (χ2v) is 10.6. The van der Waals surface area contributed by atoms with Crippen molar-refractivity contribution in [3.63, 3.8) is 0 Å². The lowest BCUT2D eigenvalue weighted by atomic mass is 9.74. The van der Waals surface area contributed by atoms with Gasteiger partial charge < -0.3 is 20.3 Å². The predicted molar refractivity (Wildman–Crippen MR) is 130 cm³/mol. The molecule has 1 aromatic carbocycles. The minimum atomic E-state index is -1.14. The molecule has 0 radical (unpaired) electrons. The van der Waals surface area contributed by atoms with Crippen LogP contribution in [0.4, 0.5) is 5.69 Å². The van der Waals surface area contributed by atoms with Crippen molar-refractivity contribution in [3.05, 3.63) is 40.4 Å². The van der Waals surface area contributed by atoms with Crippen molar-refractivity contribution < 1.29 is 19.1 Å². The molecule has 3 fully saturated rings. The predicted octanol–water partition coefficient (Wildman–Crippen LogP) is 3.94. The fourth-order valence-corrected chi connectivity index (χ4v) is 6.65. The van der Waals surface area contributed by atoms with E-state index in [1.807, 2.05) is 19.1 Å². The number of amides is 3. The van der Waals surface area contributed by atoms with Crippen LogP contribution in [-0.4, -0.2) is 53.0 Å². The molecule has 1 saturated carbocycles. The molecule has 3 amide bonds. The Balaban J connectivity index is 1.42. The second-order valence-electron chi connectivity index (χ2n) is 9.72. The molecule has 9 heteroatoms. The van der Waals surface area contributed by atoms with Crippen LogP contribution >= 0.6 is 23.2 Å². The Morgan fingerprint density at radius 3 is 2.50 bits per heavy atom. The Morgan fingerprint density at radius 2 is 1.82 bits per heavy atom. The molecule has 1 aliphatic carbocycles. The summed E-state index contributed by atoms with van der Waals surface area (Å²) in [6.07, 6.45) is 9.04. The van der Waals surface area contributed by atoms with Crippen molar-refractivity contribution in [1.82, 2.24) is 10.2 Å². The fraction of sp³-hybridized carbons (Fsp3) is 0.560. The molecule has 0 unspecified atom stereocenters. The van der Waals surface area contributed by atoms with Gasteiger partial charge in [0.1, 0.15) is 11.6 Å². The molecule has 1 spiro atoms. The Morgan fingerprint density at radius 1 is 1.12 bits per heavy atom. The van der Waals surface area contributed by atoms with Gasteiger partial charge >= 0.3 is 0 Å². The van der Waals surface area contributed by atoms with Gasteiger partial charge in [-0.05, 0) is 37.5 Å². The van der Waals surface area contributed by atoms with Gasteiger partial charge in [-0.25, -0.2) is 0 Å². The van der Waals surface area contributed by atoms with Crippen molar-refractivity contribution in [3.8, 4) is 0 Å². The third-order valence-corrected chi connectivity index (χ3v) is 7.91. The molecule has 2 saturated heterocycles. The van der Waals surface area contributed by atoms with Crippen LogP contribution < -0.4 is 10.6 Å². The summed E-state index contributed by atoms with van der Waals surface area (Å²) in [4.78, 5) is 42.2. The SMILES string of the molecule is CCCN1C(=O)[C@@H]2[C@@H](C(=O)Nc3cc(Cl)cc(Cl)c3)[C@@H]3C=C[C@@]2(O3)[C@@H]1C(=O)NC1CCCCC1. The van der Waals surface area contributed by atoms with Crippen molar-refractivity contribution in [2.24, 2.45) is 11.8 Å². The van der Waals surface area contributed by atoms with Crippen molar-refractivity contribution in [2.45, 2.75) is 69.2 Å². The largest absolute Gasteiger partial charge is 0.359 e. The number of ether oxygens (including phenoxy) is 1. The van der Waals surface area contributed by atoms with E-state index in [4.69, 9.17) is 27.9 Å². The first-order valence-electron chi connectivity index (χ1n) is 12.1. The summed E-state index contributed by atoms with van der Waals surface area (Å²) in [5.74, 6) is -2.25. The molecular weight excluding hydrogens is 477 g/mol. The van der Waals surface area contributed by atoms with E-state index < -0.39 is 29.6 Å². The first kappa shape index (κ1) is 23.6. The van der Waals surface area contributed by atoms with E-state index in [2.05, 4.69) is 10.6 Å². The van der Waals surface area contributed by atoms with Crippen molar-refractivity contribution >= 4 is 46.6 Å². The molecular formula is C25H29Cl2N3O4. The Bertz CT molecular complexity index is 1020. The number of carbonyl (C=O) groups is 3. The second kappa shape index (κ2) is 9.17. The van der Waals surface area contributed by atoms with Crippen LogP contribution in [0.2, 0.25) is 10.0 Å². The Kier molecular flexibility index (Phi) is 6.38. The van der Waals surface area contributed by atoms with Crippen LogP contribution in [0.25, 0.3) is 0 Å². The maximum atomic E-state index is 13.7. The number of halogens is 2. The summed E-state index contributed by atoms with van der Waals surface area (Å²) in [6, 6.07) is 4.11. The molecule has 34 heavy (non-hydrogen) atoms. The first-order valence-corrected chi connectivity index (χ1v) is 12.8. The van der Waals surface area contributed by atoms with Gasteiger partial charge in [0.05, 0.1) is 17.9 Å². The van der Waals surface area contributed by atoms with Crippen molar-refractivity contribution in [1.29, 1.82) is 0 Å². The van der Waals surface area contributed by atoms with E-state index in [9.17, 15) is 14.4 Å². The Labute approximate surface area is 209 Å². The fourth-order valence-electron chi connectivity index (χ4n) is 6.13. The number of fused-ring (bicyclic) bond motifs is 1. The standard InChI is InChI=1S/C25H29Cl2N3O4/c1-2-10-30-21(23(32)28-16-6-4-3-5-7-16)25-9-8-18(34-25)19(20(25)24(30)33)22(31)29-17-12-14(26)11-15(27)13-17/h8-9,11-13,16,18-21H,2-7,10H2,1H3,(H,28,32)(H,29,31)/t18-,19-,20-,21-,25-/m0/s1. The maximum absolute atomic E-state index is 13.7. The van der Waals surface area contributed by atoms with E-state index in [1.54, 1.807) is 23.1 Å². The highest BCUT2D eigenvalue weighted by molar-refractivity contribution is 6.35. The number of nitrogens with one attached hydrogen (secondary N) is 2. The number of likely N-dealkylation sites (tertiary alicyclic amines) is 1. The minimum absolute atomic E-state index is 0.115. The molecule has 2 N–H and O–H groups in total. The zero-order chi connectivity index (χ0) is 24.0. The third kappa shape index (κ3) is 3.91. The van der Waals surface area contributed by atoms with Crippen LogP contribution in [0.5, 0.6) is 0 Å². The number of carbonyl (C=O) groups excluding carboxylic acids is 3. The molecule has 2 bridgehead atoms. The lowest BCUT2D eigenvalue weighted by Crippen LogP contribution is -2.56. The highest BCUT2D eigenvalue weighted by atomic mass is 35.5. The lowest BCUT2D eigenvalue weighted by molar-refractivity contribution is -0.141. The maximum Gasteiger partial charge on any atom is 0.246 e. The zero-order valence-electron chi connectivity index (χ0n) is 19.1. The topological polar surface area (TPSA) is 87.7 Å². The molecule has 1 aromatic rings. The number of hydrogen-bond acceptors (Lipinski definition) is 4. The first-order chi connectivity index (χ1) is 16.3. The van der Waals surface area contributed by atoms with E-state index >= 15 is 0 Å². The van der Waals surface area contributed by atoms with Gasteiger partial charge in [-0.1, -0.05) is 61.5 Å². The number of rotatable bonds is 6. The summed E-state index contributed by atoms with van der Waals surface area (Å²) in [5, 5.41) is 6.82. The summed E-state index contributed by atoms with van der Waals surface area (Å²) in [6.45, 7) is 2.40. The molecule has 5 rings (SSSR count). The summed E-state index contributed by atoms with van der Waals surface area (Å²) in [5.41, 5.74) is -0.685. The number of nitrogens with zero attached hydrogens (tertiary/aromatic N) is 1. The van der Waals surface area contributed by atoms with E-state index in [0.29, 0.717) is 28.7 Å². The van der Waals surface area contributed by atoms with E-state index in [1.165, 1.54) is 6.42 Å². The average molecular weight is 506 g/mol. The van der Waals surface area contributed by atoms with Crippen LogP contribution in [0.1, 0.15) is 45.4 Å². The summed E-state index contributed by atoms with van der Waals surface area (Å²) < 4.78 is 6.33. The quantitative estimate of drug-likeness (QED) is 0.573. The molecule has 3 heterocycles. The van der Waals surface area contributed by atoms with Crippen molar-refractivity contribution in [2.75, 3.05) is 11.9 Å². The normalized spacial score (nSPS) is 32.2. The van der Waals surface area contributed by atoms with Gasteiger partial charge in [0.2, 0.25) is 17.7 Å². The minimum Gasteiger partial charge on any atom is -0.359 e. The molecule has 0 aromatic heterocycles. The molecule has 182 valence electrons. The smallest absolute Gasteiger partial charge is 0.246 e. The van der Waals surface area contributed by atoms with E-state index in [-0.39, 0.29) is 23.8 Å². The van der Waals surface area contributed by atoms with Gasteiger partial charge in [-0.2, -0.15) is 0 Å². The van der Waals surface area contributed by atoms with E-state index in [0.717, 1.165) is 25.7 Å². The highest BCUT2D eigenvalue weighted by Crippen LogP contribution is 2.55.